The molecule has 2 aliphatic rings. The highest BCUT2D eigenvalue weighted by atomic mass is 19.1. The number of halogens is 1. The van der Waals surface area contributed by atoms with Crippen LogP contribution in [0, 0.1) is 12.7 Å². The molecule has 0 radical (unpaired) electrons. The number of anilines is 2. The van der Waals surface area contributed by atoms with Gasteiger partial charge in [0.15, 0.2) is 0 Å². The third-order valence-electron chi connectivity index (χ3n) is 6.25. The molecule has 10 heteroatoms. The van der Waals surface area contributed by atoms with Crippen molar-refractivity contribution in [2.75, 3.05) is 62.3 Å². The van der Waals surface area contributed by atoms with Gasteiger partial charge in [0, 0.05) is 63.6 Å². The van der Waals surface area contributed by atoms with E-state index in [0.717, 1.165) is 30.2 Å². The van der Waals surface area contributed by atoms with Crippen LogP contribution in [0.4, 0.5) is 16.2 Å². The number of nitrogens with zero attached hydrogens (tertiary/aromatic N) is 7. The zero-order valence-electron chi connectivity index (χ0n) is 19.4. The van der Waals surface area contributed by atoms with Crippen molar-refractivity contribution in [1.29, 1.82) is 0 Å². The number of benzene rings is 1. The van der Waals surface area contributed by atoms with Gasteiger partial charge in [0.1, 0.15) is 17.3 Å². The van der Waals surface area contributed by atoms with E-state index in [1.165, 1.54) is 12.1 Å². The third-order valence-corrected chi connectivity index (χ3v) is 6.25. The monoisotopic (exact) mass is 465 g/mol. The van der Waals surface area contributed by atoms with Crippen LogP contribution in [0.1, 0.15) is 16.2 Å². The Kier molecular flexibility index (Phi) is 6.14. The molecule has 2 fully saturated rings. The normalized spacial score (nSPS) is 16.7. The fraction of sp³-hybridized carbons (Fsp3) is 0.417. The van der Waals surface area contributed by atoms with Crippen LogP contribution in [0.3, 0.4) is 0 Å². The van der Waals surface area contributed by atoms with Gasteiger partial charge in [-0.2, -0.15) is 10.1 Å². The van der Waals surface area contributed by atoms with Crippen molar-refractivity contribution in [1.82, 2.24) is 24.6 Å². The predicted molar refractivity (Wildman–Crippen MR) is 127 cm³/mol. The maximum absolute atomic E-state index is 13.2. The van der Waals surface area contributed by atoms with Crippen LogP contribution < -0.4 is 9.80 Å². The number of carbonyl (C=O) groups is 1. The molecule has 1 amide bonds. The largest absolute Gasteiger partial charge is 0.378 e. The summed E-state index contributed by atoms with van der Waals surface area (Å²) >= 11 is 0. The van der Waals surface area contributed by atoms with Gasteiger partial charge in [0.2, 0.25) is 5.95 Å². The van der Waals surface area contributed by atoms with Gasteiger partial charge < -0.3 is 19.4 Å². The Morgan fingerprint density at radius 3 is 2.35 bits per heavy atom. The van der Waals surface area contributed by atoms with Gasteiger partial charge in [0.25, 0.3) is 5.91 Å². The summed E-state index contributed by atoms with van der Waals surface area (Å²) in [7, 11) is 1.75. The lowest BCUT2D eigenvalue weighted by Crippen LogP contribution is -2.49. The Hall–Kier alpha value is -3.53. The molecule has 9 nitrogen and oxygen atoms in total. The molecule has 2 aromatic heterocycles. The van der Waals surface area contributed by atoms with Crippen molar-refractivity contribution in [3.8, 4) is 11.3 Å². The number of rotatable bonds is 4. The highest BCUT2D eigenvalue weighted by molar-refractivity contribution is 5.94. The number of piperazine rings is 1. The van der Waals surface area contributed by atoms with Gasteiger partial charge in [-0.25, -0.2) is 9.37 Å². The summed E-state index contributed by atoms with van der Waals surface area (Å²) in [6.45, 7) is 7.48. The SMILES string of the molecule is Cc1cc(N2CCOCC2)nc(N2CCN(C(=O)c3cc(-c4ccc(F)cc4)nn3C)CC2)n1. The zero-order valence-corrected chi connectivity index (χ0v) is 19.4. The molecule has 34 heavy (non-hydrogen) atoms. The van der Waals surface area contributed by atoms with Crippen LogP contribution in [0.2, 0.25) is 0 Å². The van der Waals surface area contributed by atoms with Crippen molar-refractivity contribution >= 4 is 17.7 Å². The molecule has 0 saturated carbocycles. The summed E-state index contributed by atoms with van der Waals surface area (Å²) in [5, 5.41) is 4.46. The average molecular weight is 466 g/mol. The lowest BCUT2D eigenvalue weighted by Gasteiger charge is -2.35. The summed E-state index contributed by atoms with van der Waals surface area (Å²) in [6.07, 6.45) is 0. The van der Waals surface area contributed by atoms with E-state index in [1.54, 1.807) is 29.9 Å². The number of amides is 1. The lowest BCUT2D eigenvalue weighted by molar-refractivity contribution is 0.0735. The van der Waals surface area contributed by atoms with E-state index in [9.17, 15) is 9.18 Å². The summed E-state index contributed by atoms with van der Waals surface area (Å²) < 4.78 is 20.3. The molecule has 178 valence electrons. The van der Waals surface area contributed by atoms with E-state index in [-0.39, 0.29) is 11.7 Å². The minimum atomic E-state index is -0.302. The number of aromatic nitrogens is 4. The van der Waals surface area contributed by atoms with Crippen molar-refractivity contribution in [2.45, 2.75) is 6.92 Å². The third kappa shape index (κ3) is 4.58. The van der Waals surface area contributed by atoms with E-state index < -0.39 is 0 Å². The van der Waals surface area contributed by atoms with Crippen molar-refractivity contribution in [2.24, 2.45) is 7.05 Å². The van der Waals surface area contributed by atoms with Crippen molar-refractivity contribution in [3.05, 3.63) is 53.6 Å². The zero-order chi connectivity index (χ0) is 23.7. The number of aryl methyl sites for hydroxylation is 2. The molecule has 0 aliphatic carbocycles. The first-order chi connectivity index (χ1) is 16.5. The molecule has 1 aromatic carbocycles. The Labute approximate surface area is 197 Å². The van der Waals surface area contributed by atoms with Gasteiger partial charge in [-0.1, -0.05) is 0 Å². The fourth-order valence-corrected chi connectivity index (χ4v) is 4.33. The lowest BCUT2D eigenvalue weighted by atomic mass is 10.1. The van der Waals surface area contributed by atoms with E-state index >= 15 is 0 Å². The Morgan fingerprint density at radius 1 is 0.941 bits per heavy atom. The second-order valence-electron chi connectivity index (χ2n) is 8.59. The minimum absolute atomic E-state index is 0.0674. The molecule has 0 unspecified atom stereocenters. The van der Waals surface area contributed by atoms with Crippen LogP contribution in [0.5, 0.6) is 0 Å². The van der Waals surface area contributed by atoms with Crippen LogP contribution in [0.25, 0.3) is 11.3 Å². The van der Waals surface area contributed by atoms with Crippen LogP contribution in [-0.4, -0.2) is 83.0 Å². The molecule has 3 aromatic rings. The summed E-state index contributed by atoms with van der Waals surface area (Å²) in [5.41, 5.74) is 2.85. The summed E-state index contributed by atoms with van der Waals surface area (Å²) in [4.78, 5) is 28.9. The molecule has 0 N–H and O–H groups in total. The van der Waals surface area contributed by atoms with Gasteiger partial charge in [-0.15, -0.1) is 0 Å². The summed E-state index contributed by atoms with van der Waals surface area (Å²) in [6, 6.07) is 9.89. The van der Waals surface area contributed by atoms with E-state index in [2.05, 4.69) is 19.9 Å². The first-order valence-corrected chi connectivity index (χ1v) is 11.5. The number of hydrogen-bond donors (Lipinski definition) is 0. The molecule has 2 aliphatic heterocycles. The van der Waals surface area contributed by atoms with Gasteiger partial charge in [0.05, 0.1) is 18.9 Å². The van der Waals surface area contributed by atoms with Gasteiger partial charge in [-0.3, -0.25) is 9.48 Å². The standard InChI is InChI=1S/C24H28FN7O2/c1-17-15-22(30-11-13-34-14-12-30)27-24(26-17)32-9-7-31(8-10-32)23(33)21-16-20(28-29(21)2)18-3-5-19(25)6-4-18/h3-6,15-16H,7-14H2,1-2H3. The smallest absolute Gasteiger partial charge is 0.272 e. The van der Waals surface area contributed by atoms with Crippen molar-refractivity contribution in [3.63, 3.8) is 0 Å². The number of carbonyl (C=O) groups excluding carboxylic acids is 1. The summed E-state index contributed by atoms with van der Waals surface area (Å²) in [5.74, 6) is 1.26. The van der Waals surface area contributed by atoms with E-state index in [1.807, 2.05) is 17.9 Å². The Bertz CT molecular complexity index is 1170. The number of ether oxygens (including phenoxy) is 1. The van der Waals surface area contributed by atoms with Gasteiger partial charge in [-0.05, 0) is 37.3 Å². The highest BCUT2D eigenvalue weighted by Crippen LogP contribution is 2.22. The van der Waals surface area contributed by atoms with Crippen LogP contribution in [-0.2, 0) is 11.8 Å². The first-order valence-electron chi connectivity index (χ1n) is 11.5. The Balaban J connectivity index is 1.26. The number of morpholine rings is 1. The second-order valence-corrected chi connectivity index (χ2v) is 8.59. The fourth-order valence-electron chi connectivity index (χ4n) is 4.33. The molecule has 4 heterocycles. The molecule has 0 bridgehead atoms. The average Bonchev–Trinajstić information content (AvgIpc) is 3.25. The predicted octanol–water partition coefficient (Wildman–Crippen LogP) is 2.12. The van der Waals surface area contributed by atoms with Crippen molar-refractivity contribution < 1.29 is 13.9 Å². The van der Waals surface area contributed by atoms with Crippen LogP contribution >= 0.6 is 0 Å². The molecule has 2 saturated heterocycles. The molecular formula is C24H28FN7O2. The molecule has 0 spiro atoms. The minimum Gasteiger partial charge on any atom is -0.378 e. The van der Waals surface area contributed by atoms with E-state index in [0.29, 0.717) is 56.7 Å². The van der Waals surface area contributed by atoms with Gasteiger partial charge >= 0.3 is 0 Å². The quantitative estimate of drug-likeness (QED) is 0.584. The Morgan fingerprint density at radius 2 is 1.65 bits per heavy atom. The molecular weight excluding hydrogens is 437 g/mol. The van der Waals surface area contributed by atoms with E-state index in [4.69, 9.17) is 9.72 Å². The van der Waals surface area contributed by atoms with Crippen LogP contribution in [0.15, 0.2) is 36.4 Å². The molecule has 5 rings (SSSR count). The maximum atomic E-state index is 13.2. The second kappa shape index (κ2) is 9.38. The number of hydrogen-bond acceptors (Lipinski definition) is 7. The molecule has 0 atom stereocenters. The highest BCUT2D eigenvalue weighted by Gasteiger charge is 2.27. The topological polar surface area (TPSA) is 79.6 Å². The first kappa shape index (κ1) is 22.3. The maximum Gasteiger partial charge on any atom is 0.272 e.